The van der Waals surface area contributed by atoms with E-state index in [1.807, 2.05) is 61.5 Å². The van der Waals surface area contributed by atoms with Crippen LogP contribution in [0.4, 0.5) is 10.5 Å². The van der Waals surface area contributed by atoms with Gasteiger partial charge in [0.2, 0.25) is 10.0 Å². The molecule has 0 atom stereocenters. The summed E-state index contributed by atoms with van der Waals surface area (Å²) in [5.41, 5.74) is 11.3. The second-order valence-electron chi connectivity index (χ2n) is 11.3. The molecule has 0 saturated carbocycles. The molecule has 0 aromatic heterocycles. The first kappa shape index (κ1) is 31.9. The van der Waals surface area contributed by atoms with Gasteiger partial charge in [0, 0.05) is 62.8 Å². The number of benzene rings is 3. The third kappa shape index (κ3) is 7.42. The molecule has 2 heterocycles. The van der Waals surface area contributed by atoms with Crippen LogP contribution >= 0.6 is 0 Å². The molecule has 12 heteroatoms. The lowest BCUT2D eigenvalue weighted by atomic mass is 10.0. The zero-order chi connectivity index (χ0) is 32.1. The zero-order valence-corrected chi connectivity index (χ0v) is 25.8. The predicted molar refractivity (Wildman–Crippen MR) is 172 cm³/mol. The second kappa shape index (κ2) is 13.6. The number of aliphatic imine (C=N–C) groups is 1. The Morgan fingerprint density at radius 2 is 1.76 bits per heavy atom. The first-order valence-electron chi connectivity index (χ1n) is 14.8. The number of hydrogen-bond acceptors (Lipinski definition) is 7. The highest BCUT2D eigenvalue weighted by atomic mass is 32.2. The van der Waals surface area contributed by atoms with Crippen LogP contribution in [0.25, 0.3) is 17.2 Å². The number of carbonyl (C=O) groups is 2. The molecule has 5 N–H and O–H groups in total. The fourth-order valence-electron chi connectivity index (χ4n) is 5.41. The van der Waals surface area contributed by atoms with E-state index in [0.29, 0.717) is 48.8 Å². The van der Waals surface area contributed by atoms with Crippen molar-refractivity contribution in [1.29, 1.82) is 0 Å². The van der Waals surface area contributed by atoms with Gasteiger partial charge in [-0.05, 0) is 52.9 Å². The SMILES string of the molecule is CCCN(Cc1ccc(CNC(=O)O)cc1)C(=O)C1=Cc2ccc(-c3cccc(S(=O)(=O)N4CC(CO)C4)c3)cc2N=C(N)C1. The Labute approximate surface area is 262 Å². The Morgan fingerprint density at radius 3 is 2.44 bits per heavy atom. The van der Waals surface area contributed by atoms with Gasteiger partial charge in [0.25, 0.3) is 5.91 Å². The van der Waals surface area contributed by atoms with E-state index in [0.717, 1.165) is 28.7 Å². The number of rotatable bonds is 11. The topological polar surface area (TPSA) is 166 Å². The van der Waals surface area contributed by atoms with Crippen LogP contribution in [0.3, 0.4) is 0 Å². The number of carboxylic acid groups (broad SMARTS) is 1. The van der Waals surface area contributed by atoms with Crippen molar-refractivity contribution in [1.82, 2.24) is 14.5 Å². The van der Waals surface area contributed by atoms with Gasteiger partial charge >= 0.3 is 6.09 Å². The number of aliphatic hydroxyl groups is 1. The fraction of sp³-hybridized carbons (Fsp3) is 0.303. The lowest BCUT2D eigenvalue weighted by Gasteiger charge is -2.36. The van der Waals surface area contributed by atoms with Crippen LogP contribution in [0.5, 0.6) is 0 Å². The number of aliphatic hydroxyl groups excluding tert-OH is 1. The van der Waals surface area contributed by atoms with Crippen molar-refractivity contribution in [2.75, 3.05) is 26.2 Å². The van der Waals surface area contributed by atoms with Crippen molar-refractivity contribution in [3.63, 3.8) is 0 Å². The van der Waals surface area contributed by atoms with Crippen molar-refractivity contribution < 1.29 is 28.2 Å². The molecular formula is C33H37N5O6S. The molecule has 2 amide bonds. The lowest BCUT2D eigenvalue weighted by molar-refractivity contribution is -0.127. The van der Waals surface area contributed by atoms with E-state index in [4.69, 9.17) is 10.8 Å². The first-order chi connectivity index (χ1) is 21.6. The van der Waals surface area contributed by atoms with Crippen molar-refractivity contribution >= 4 is 39.6 Å². The Bertz CT molecular complexity index is 1750. The van der Waals surface area contributed by atoms with Crippen LogP contribution in [0, 0.1) is 5.92 Å². The van der Waals surface area contributed by atoms with E-state index in [1.165, 1.54) is 4.31 Å². The number of carbonyl (C=O) groups excluding carboxylic acids is 1. The standard InChI is InChI=1S/C33H37N5O6S/c1-2-12-37(18-23-8-6-22(7-9-23)17-35-33(41)42)32(40)28-13-27-11-10-26(15-30(27)36-31(34)16-28)25-4-3-5-29(14-25)45(43,44)38-19-24(20-38)21-39/h3-11,13-15,24,35,39H,2,12,16-21H2,1H3,(H2,34,36)(H,41,42). The summed E-state index contributed by atoms with van der Waals surface area (Å²) >= 11 is 0. The van der Waals surface area contributed by atoms with E-state index in [1.54, 1.807) is 23.1 Å². The molecule has 45 heavy (non-hydrogen) atoms. The first-order valence-corrected chi connectivity index (χ1v) is 16.2. The largest absolute Gasteiger partial charge is 0.465 e. The summed E-state index contributed by atoms with van der Waals surface area (Å²) in [5, 5.41) is 20.5. The van der Waals surface area contributed by atoms with Gasteiger partial charge in [-0.3, -0.25) is 4.79 Å². The second-order valence-corrected chi connectivity index (χ2v) is 13.3. The van der Waals surface area contributed by atoms with Gasteiger partial charge in [0.15, 0.2) is 0 Å². The summed E-state index contributed by atoms with van der Waals surface area (Å²) in [6.07, 6.45) is 1.67. The van der Waals surface area contributed by atoms with E-state index >= 15 is 0 Å². The molecule has 3 aromatic carbocycles. The summed E-state index contributed by atoms with van der Waals surface area (Å²) in [7, 11) is -3.67. The maximum atomic E-state index is 13.8. The summed E-state index contributed by atoms with van der Waals surface area (Å²) < 4.78 is 27.6. The molecule has 1 fully saturated rings. The van der Waals surface area contributed by atoms with Gasteiger partial charge in [0.05, 0.1) is 10.6 Å². The minimum Gasteiger partial charge on any atom is -0.465 e. The molecule has 0 spiro atoms. The van der Waals surface area contributed by atoms with Crippen LogP contribution < -0.4 is 11.1 Å². The maximum absolute atomic E-state index is 13.8. The molecule has 0 unspecified atom stereocenters. The van der Waals surface area contributed by atoms with E-state index < -0.39 is 16.1 Å². The normalized spacial score (nSPS) is 15.2. The molecule has 2 aliphatic rings. The maximum Gasteiger partial charge on any atom is 0.404 e. The average Bonchev–Trinajstić information content (AvgIpc) is 3.17. The van der Waals surface area contributed by atoms with Crippen LogP contribution in [-0.4, -0.2) is 71.9 Å². The molecular weight excluding hydrogens is 594 g/mol. The van der Waals surface area contributed by atoms with Gasteiger partial charge in [0.1, 0.15) is 5.84 Å². The highest BCUT2D eigenvalue weighted by molar-refractivity contribution is 7.89. The monoisotopic (exact) mass is 631 g/mol. The van der Waals surface area contributed by atoms with Crippen LogP contribution in [0.2, 0.25) is 0 Å². The van der Waals surface area contributed by atoms with Gasteiger partial charge in [-0.2, -0.15) is 4.31 Å². The van der Waals surface area contributed by atoms with Crippen molar-refractivity contribution in [3.05, 3.63) is 89.0 Å². The highest BCUT2D eigenvalue weighted by Gasteiger charge is 2.36. The van der Waals surface area contributed by atoms with E-state index in [9.17, 15) is 23.1 Å². The quantitative estimate of drug-likeness (QED) is 0.249. The average molecular weight is 632 g/mol. The zero-order valence-electron chi connectivity index (χ0n) is 25.0. The molecule has 1 saturated heterocycles. The van der Waals surface area contributed by atoms with Crippen molar-refractivity contribution in [2.45, 2.75) is 37.8 Å². The summed E-state index contributed by atoms with van der Waals surface area (Å²) in [6.45, 7) is 3.71. The number of amides is 2. The molecule has 0 radical (unpaired) electrons. The van der Waals surface area contributed by atoms with E-state index in [2.05, 4.69) is 10.3 Å². The van der Waals surface area contributed by atoms with Crippen LogP contribution in [-0.2, 0) is 27.9 Å². The van der Waals surface area contributed by atoms with Crippen molar-refractivity contribution in [2.24, 2.45) is 16.6 Å². The molecule has 5 rings (SSSR count). The predicted octanol–water partition coefficient (Wildman–Crippen LogP) is 3.95. The minimum atomic E-state index is -3.67. The molecule has 2 aliphatic heterocycles. The summed E-state index contributed by atoms with van der Waals surface area (Å²) in [4.78, 5) is 31.1. The molecule has 3 aromatic rings. The van der Waals surface area contributed by atoms with Gasteiger partial charge < -0.3 is 26.2 Å². The molecule has 0 bridgehead atoms. The third-order valence-corrected chi connectivity index (χ3v) is 9.71. The Balaban J connectivity index is 1.36. The third-order valence-electron chi connectivity index (χ3n) is 7.88. The molecule has 0 aliphatic carbocycles. The number of fused-ring (bicyclic) bond motifs is 1. The smallest absolute Gasteiger partial charge is 0.404 e. The number of amidine groups is 1. The number of nitrogens with two attached hydrogens (primary N) is 1. The van der Waals surface area contributed by atoms with Crippen LogP contribution in [0.15, 0.2) is 82.2 Å². The summed E-state index contributed by atoms with van der Waals surface area (Å²) in [6, 6.07) is 19.8. The Kier molecular flexibility index (Phi) is 9.66. The number of nitrogens with one attached hydrogen (secondary N) is 1. The number of sulfonamides is 1. The van der Waals surface area contributed by atoms with Crippen LogP contribution in [0.1, 0.15) is 36.5 Å². The van der Waals surface area contributed by atoms with E-state index in [-0.39, 0.29) is 36.3 Å². The summed E-state index contributed by atoms with van der Waals surface area (Å²) in [5.74, 6) is 0.122. The molecule has 236 valence electrons. The number of hydrogen-bond donors (Lipinski definition) is 4. The van der Waals surface area contributed by atoms with Gasteiger partial charge in [-0.15, -0.1) is 0 Å². The van der Waals surface area contributed by atoms with Gasteiger partial charge in [-0.1, -0.05) is 55.5 Å². The molecule has 11 nitrogen and oxygen atoms in total. The fourth-order valence-corrected chi connectivity index (χ4v) is 7.05. The number of nitrogens with zero attached hydrogens (tertiary/aromatic N) is 3. The highest BCUT2D eigenvalue weighted by Crippen LogP contribution is 2.34. The lowest BCUT2D eigenvalue weighted by Crippen LogP contribution is -2.51. The van der Waals surface area contributed by atoms with Gasteiger partial charge in [-0.25, -0.2) is 18.2 Å². The Hall–Kier alpha value is -4.52. The Morgan fingerprint density at radius 1 is 1.04 bits per heavy atom. The van der Waals surface area contributed by atoms with Crippen molar-refractivity contribution in [3.8, 4) is 11.1 Å². The minimum absolute atomic E-state index is 0.0316.